The number of nitrogens with zero attached hydrogens (tertiary/aromatic N) is 2. The maximum atomic E-state index is 13.2. The zero-order valence-corrected chi connectivity index (χ0v) is 18.9. The standard InChI is InChI=1S/C24H27N3O4S/c1-24(14-16-32(30,31)17-24)26-22(28)12-11-20-23(29)27(15-13-18-7-3-2-4-8-18)21-10-6-5-9-19(21)25-20/h2-10H,11-17H2,1H3,(H,26,28)/t24-/m1/s1. The third kappa shape index (κ3) is 5.07. The highest BCUT2D eigenvalue weighted by atomic mass is 32.2. The number of aromatic nitrogens is 2. The number of hydrogen-bond donors (Lipinski definition) is 1. The molecule has 0 spiro atoms. The Morgan fingerprint density at radius 2 is 1.81 bits per heavy atom. The number of hydrogen-bond acceptors (Lipinski definition) is 5. The lowest BCUT2D eigenvalue weighted by Gasteiger charge is -2.23. The van der Waals surface area contributed by atoms with Crippen LogP contribution in [0.5, 0.6) is 0 Å². The van der Waals surface area contributed by atoms with Gasteiger partial charge in [-0.05, 0) is 37.5 Å². The second kappa shape index (κ2) is 8.86. The van der Waals surface area contributed by atoms with Crippen LogP contribution in [0.25, 0.3) is 11.0 Å². The predicted octanol–water partition coefficient (Wildman–Crippen LogP) is 2.27. The summed E-state index contributed by atoms with van der Waals surface area (Å²) in [5, 5.41) is 2.84. The minimum Gasteiger partial charge on any atom is -0.350 e. The van der Waals surface area contributed by atoms with Crippen LogP contribution in [0.3, 0.4) is 0 Å². The van der Waals surface area contributed by atoms with Crippen molar-refractivity contribution in [1.29, 1.82) is 0 Å². The van der Waals surface area contributed by atoms with Gasteiger partial charge >= 0.3 is 0 Å². The van der Waals surface area contributed by atoms with Crippen molar-refractivity contribution >= 4 is 26.8 Å². The number of benzene rings is 2. The highest BCUT2D eigenvalue weighted by Crippen LogP contribution is 2.23. The SMILES string of the molecule is C[C@@]1(NC(=O)CCc2nc3ccccc3n(CCc3ccccc3)c2=O)CCS(=O)(=O)C1. The van der Waals surface area contributed by atoms with Crippen molar-refractivity contribution in [3.63, 3.8) is 0 Å². The molecule has 1 aliphatic rings. The van der Waals surface area contributed by atoms with Gasteiger partial charge in [0.25, 0.3) is 5.56 Å². The lowest BCUT2D eigenvalue weighted by atomic mass is 10.0. The summed E-state index contributed by atoms with van der Waals surface area (Å²) in [6.45, 7) is 2.27. The van der Waals surface area contributed by atoms with Crippen LogP contribution >= 0.6 is 0 Å². The van der Waals surface area contributed by atoms with Gasteiger partial charge in [-0.3, -0.25) is 9.59 Å². The van der Waals surface area contributed by atoms with E-state index < -0.39 is 15.4 Å². The van der Waals surface area contributed by atoms with Gasteiger partial charge in [-0.2, -0.15) is 0 Å². The smallest absolute Gasteiger partial charge is 0.272 e. The molecule has 1 N–H and O–H groups in total. The Hall–Kier alpha value is -3.00. The molecule has 2 aromatic carbocycles. The van der Waals surface area contributed by atoms with Gasteiger partial charge in [0, 0.05) is 19.4 Å². The van der Waals surface area contributed by atoms with Crippen LogP contribution < -0.4 is 10.9 Å². The number of fused-ring (bicyclic) bond motifs is 1. The molecule has 1 saturated heterocycles. The molecule has 0 saturated carbocycles. The van der Waals surface area contributed by atoms with Gasteiger partial charge in [0.15, 0.2) is 9.84 Å². The molecule has 1 amide bonds. The van der Waals surface area contributed by atoms with Crippen LogP contribution in [0.2, 0.25) is 0 Å². The average Bonchev–Trinajstić information content (AvgIpc) is 3.04. The largest absolute Gasteiger partial charge is 0.350 e. The number of sulfone groups is 1. The number of para-hydroxylation sites is 2. The van der Waals surface area contributed by atoms with Crippen molar-refractivity contribution in [3.8, 4) is 0 Å². The predicted molar refractivity (Wildman–Crippen MR) is 124 cm³/mol. The van der Waals surface area contributed by atoms with E-state index in [4.69, 9.17) is 0 Å². The van der Waals surface area contributed by atoms with Gasteiger partial charge in [0.1, 0.15) is 5.69 Å². The topological polar surface area (TPSA) is 98.1 Å². The van der Waals surface area contributed by atoms with E-state index in [9.17, 15) is 18.0 Å². The van der Waals surface area contributed by atoms with Gasteiger partial charge in [0.2, 0.25) is 5.91 Å². The Balaban J connectivity index is 1.52. The lowest BCUT2D eigenvalue weighted by molar-refractivity contribution is -0.122. The summed E-state index contributed by atoms with van der Waals surface area (Å²) < 4.78 is 25.3. The van der Waals surface area contributed by atoms with Gasteiger partial charge in [0.05, 0.1) is 28.1 Å². The van der Waals surface area contributed by atoms with Crippen molar-refractivity contribution in [1.82, 2.24) is 14.9 Å². The summed E-state index contributed by atoms with van der Waals surface area (Å²) in [7, 11) is -3.11. The first-order valence-corrected chi connectivity index (χ1v) is 12.6. The Kier molecular flexibility index (Phi) is 6.15. The second-order valence-corrected chi connectivity index (χ2v) is 10.9. The molecule has 1 fully saturated rings. The van der Waals surface area contributed by atoms with Gasteiger partial charge in [-0.1, -0.05) is 42.5 Å². The average molecular weight is 454 g/mol. The molecular weight excluding hydrogens is 426 g/mol. The third-order valence-corrected chi connectivity index (χ3v) is 7.82. The molecule has 168 valence electrons. The molecule has 0 unspecified atom stereocenters. The van der Waals surface area contributed by atoms with Crippen molar-refractivity contribution < 1.29 is 13.2 Å². The quantitative estimate of drug-likeness (QED) is 0.592. The molecule has 3 aromatic rings. The summed E-state index contributed by atoms with van der Waals surface area (Å²) >= 11 is 0. The van der Waals surface area contributed by atoms with Crippen LogP contribution in [0.4, 0.5) is 0 Å². The van der Waals surface area contributed by atoms with Crippen LogP contribution in [0, 0.1) is 0 Å². The van der Waals surface area contributed by atoms with Crippen molar-refractivity contribution in [3.05, 3.63) is 76.2 Å². The van der Waals surface area contributed by atoms with E-state index in [0.29, 0.717) is 30.6 Å². The molecule has 1 atom stereocenters. The molecule has 2 heterocycles. The van der Waals surface area contributed by atoms with E-state index >= 15 is 0 Å². The summed E-state index contributed by atoms with van der Waals surface area (Å²) in [5.41, 5.74) is 2.02. The second-order valence-electron chi connectivity index (χ2n) is 8.69. The van der Waals surface area contributed by atoms with E-state index in [1.165, 1.54) is 0 Å². The first-order chi connectivity index (χ1) is 15.2. The molecule has 4 rings (SSSR count). The number of amides is 1. The lowest BCUT2D eigenvalue weighted by Crippen LogP contribution is -2.47. The zero-order valence-electron chi connectivity index (χ0n) is 18.1. The minimum absolute atomic E-state index is 0.0493. The van der Waals surface area contributed by atoms with E-state index in [1.54, 1.807) is 11.5 Å². The molecule has 7 nitrogen and oxygen atoms in total. The van der Waals surface area contributed by atoms with Gasteiger partial charge in [-0.15, -0.1) is 0 Å². The van der Waals surface area contributed by atoms with E-state index in [-0.39, 0.29) is 35.8 Å². The van der Waals surface area contributed by atoms with E-state index in [1.807, 2.05) is 54.6 Å². The summed E-state index contributed by atoms with van der Waals surface area (Å²) in [4.78, 5) is 30.2. The van der Waals surface area contributed by atoms with Crippen LogP contribution in [0.15, 0.2) is 59.4 Å². The van der Waals surface area contributed by atoms with Crippen molar-refractivity contribution in [2.45, 2.75) is 44.7 Å². The first kappa shape index (κ1) is 22.2. The van der Waals surface area contributed by atoms with Crippen LogP contribution in [-0.4, -0.2) is 40.9 Å². The number of carbonyl (C=O) groups excluding carboxylic acids is 1. The first-order valence-electron chi connectivity index (χ1n) is 10.8. The summed E-state index contributed by atoms with van der Waals surface area (Å²) in [6.07, 6.45) is 1.39. The highest BCUT2D eigenvalue weighted by molar-refractivity contribution is 7.91. The monoisotopic (exact) mass is 453 g/mol. The molecule has 0 bridgehead atoms. The normalized spacial score (nSPS) is 19.8. The number of carbonyl (C=O) groups is 1. The van der Waals surface area contributed by atoms with E-state index in [0.717, 1.165) is 11.1 Å². The van der Waals surface area contributed by atoms with Crippen LogP contribution in [-0.2, 0) is 34.0 Å². The van der Waals surface area contributed by atoms with E-state index in [2.05, 4.69) is 10.3 Å². The molecule has 0 radical (unpaired) electrons. The maximum Gasteiger partial charge on any atom is 0.272 e. The van der Waals surface area contributed by atoms with Gasteiger partial charge in [-0.25, -0.2) is 13.4 Å². The Labute approximate surface area is 187 Å². The number of nitrogens with one attached hydrogen (secondary N) is 1. The Morgan fingerprint density at radius 1 is 1.09 bits per heavy atom. The Morgan fingerprint density at radius 3 is 2.53 bits per heavy atom. The van der Waals surface area contributed by atoms with Gasteiger partial charge < -0.3 is 9.88 Å². The number of rotatable bonds is 7. The molecule has 32 heavy (non-hydrogen) atoms. The highest BCUT2D eigenvalue weighted by Gasteiger charge is 2.39. The van der Waals surface area contributed by atoms with Crippen LogP contribution in [0.1, 0.15) is 31.0 Å². The number of aryl methyl sites for hydroxylation is 3. The Bertz CT molecular complexity index is 1300. The fraction of sp³-hybridized carbons (Fsp3) is 0.375. The zero-order chi connectivity index (χ0) is 22.8. The molecular formula is C24H27N3O4S. The van der Waals surface area contributed by atoms with Crippen molar-refractivity contribution in [2.75, 3.05) is 11.5 Å². The molecule has 1 aliphatic heterocycles. The van der Waals surface area contributed by atoms with Crippen molar-refractivity contribution in [2.24, 2.45) is 0 Å². The summed E-state index contributed by atoms with van der Waals surface area (Å²) in [5.74, 6) is -0.233. The maximum absolute atomic E-state index is 13.2. The fourth-order valence-corrected chi connectivity index (χ4v) is 6.35. The summed E-state index contributed by atoms with van der Waals surface area (Å²) in [6, 6.07) is 17.5. The molecule has 0 aliphatic carbocycles. The molecule has 8 heteroatoms. The molecule has 1 aromatic heterocycles. The third-order valence-electron chi connectivity index (χ3n) is 5.92. The minimum atomic E-state index is -3.11. The fourth-order valence-electron chi connectivity index (χ4n) is 4.26.